The lowest BCUT2D eigenvalue weighted by Gasteiger charge is -2.13. The number of primary amides is 1. The number of nitrogens with two attached hydrogens (primary N) is 1. The first-order valence-corrected chi connectivity index (χ1v) is 6.76. The van der Waals surface area contributed by atoms with Crippen molar-refractivity contribution in [2.45, 2.75) is 17.9 Å². The Balaban J connectivity index is 2.88. The van der Waals surface area contributed by atoms with Gasteiger partial charge in [-0.15, -0.1) is 0 Å². The van der Waals surface area contributed by atoms with Crippen molar-refractivity contribution in [3.05, 3.63) is 29.8 Å². The van der Waals surface area contributed by atoms with Crippen LogP contribution in [-0.2, 0) is 14.8 Å². The maximum atomic E-state index is 11.9. The van der Waals surface area contributed by atoms with Crippen LogP contribution in [0.5, 0.6) is 0 Å². The number of methoxy groups -OCH3 is 1. The van der Waals surface area contributed by atoms with E-state index in [9.17, 15) is 13.2 Å². The van der Waals surface area contributed by atoms with E-state index >= 15 is 0 Å². The normalized spacial score (nSPS) is 13.2. The second-order valence-corrected chi connectivity index (χ2v) is 5.58. The molecule has 18 heavy (non-hydrogen) atoms. The van der Waals surface area contributed by atoms with Gasteiger partial charge in [0.15, 0.2) is 0 Å². The van der Waals surface area contributed by atoms with Crippen molar-refractivity contribution < 1.29 is 17.9 Å². The predicted octanol–water partition coefficient (Wildman–Crippen LogP) is 0.0987. The van der Waals surface area contributed by atoms with Crippen molar-refractivity contribution in [3.8, 4) is 0 Å². The second kappa shape index (κ2) is 5.94. The summed E-state index contributed by atoms with van der Waals surface area (Å²) >= 11 is 0. The molecule has 0 bridgehead atoms. The molecule has 0 aliphatic rings. The summed E-state index contributed by atoms with van der Waals surface area (Å²) in [7, 11) is -2.11. The molecule has 1 aromatic carbocycles. The van der Waals surface area contributed by atoms with Crippen molar-refractivity contribution in [2.75, 3.05) is 13.7 Å². The van der Waals surface area contributed by atoms with Gasteiger partial charge in [0.25, 0.3) is 0 Å². The highest BCUT2D eigenvalue weighted by Crippen LogP contribution is 2.10. The Morgan fingerprint density at radius 1 is 1.39 bits per heavy atom. The zero-order valence-corrected chi connectivity index (χ0v) is 11.0. The Kier molecular flexibility index (Phi) is 4.83. The highest BCUT2D eigenvalue weighted by molar-refractivity contribution is 7.89. The molecule has 6 nitrogen and oxygen atoms in total. The largest absolute Gasteiger partial charge is 0.383 e. The van der Waals surface area contributed by atoms with E-state index in [0.29, 0.717) is 0 Å². The third kappa shape index (κ3) is 3.80. The number of hydrogen-bond acceptors (Lipinski definition) is 4. The number of ether oxygens (including phenoxy) is 1. The lowest BCUT2D eigenvalue weighted by Crippen LogP contribution is -2.35. The van der Waals surface area contributed by atoms with Crippen LogP contribution in [0.4, 0.5) is 0 Å². The fraction of sp³-hybridized carbons (Fsp3) is 0.364. The molecule has 1 rings (SSSR count). The summed E-state index contributed by atoms with van der Waals surface area (Å²) in [6.45, 7) is 1.97. The minimum atomic E-state index is -3.61. The summed E-state index contributed by atoms with van der Waals surface area (Å²) in [4.78, 5) is 10.9. The SMILES string of the molecule is COCC(C)NS(=O)(=O)c1ccc(C(N)=O)cc1. The molecule has 7 heteroatoms. The summed E-state index contributed by atoms with van der Waals surface area (Å²) < 4.78 is 31.1. The van der Waals surface area contributed by atoms with Crippen LogP contribution in [0.3, 0.4) is 0 Å². The Bertz CT molecular complexity index is 510. The summed E-state index contributed by atoms with van der Waals surface area (Å²) in [6, 6.07) is 5.08. The van der Waals surface area contributed by atoms with E-state index in [-0.39, 0.29) is 23.1 Å². The number of sulfonamides is 1. The van der Waals surface area contributed by atoms with Crippen molar-refractivity contribution in [1.82, 2.24) is 4.72 Å². The Labute approximate surface area is 106 Å². The van der Waals surface area contributed by atoms with Crippen LogP contribution < -0.4 is 10.5 Å². The van der Waals surface area contributed by atoms with Gasteiger partial charge in [0.05, 0.1) is 11.5 Å². The molecule has 0 saturated carbocycles. The van der Waals surface area contributed by atoms with Gasteiger partial charge in [0, 0.05) is 18.7 Å². The van der Waals surface area contributed by atoms with Gasteiger partial charge in [-0.3, -0.25) is 4.79 Å². The number of carbonyl (C=O) groups is 1. The van der Waals surface area contributed by atoms with E-state index < -0.39 is 15.9 Å². The van der Waals surface area contributed by atoms with Gasteiger partial charge in [-0.2, -0.15) is 0 Å². The van der Waals surface area contributed by atoms with Gasteiger partial charge in [-0.25, -0.2) is 13.1 Å². The van der Waals surface area contributed by atoms with Gasteiger partial charge in [0.1, 0.15) is 0 Å². The lowest BCUT2D eigenvalue weighted by atomic mass is 10.2. The van der Waals surface area contributed by atoms with Crippen LogP contribution in [0.25, 0.3) is 0 Å². The molecule has 3 N–H and O–H groups in total. The number of nitrogens with one attached hydrogen (secondary N) is 1. The van der Waals surface area contributed by atoms with Crippen molar-refractivity contribution in [3.63, 3.8) is 0 Å². The summed E-state index contributed by atoms with van der Waals surface area (Å²) in [5, 5.41) is 0. The monoisotopic (exact) mass is 272 g/mol. The first-order chi connectivity index (χ1) is 8.36. The highest BCUT2D eigenvalue weighted by Gasteiger charge is 2.17. The first-order valence-electron chi connectivity index (χ1n) is 5.28. The quantitative estimate of drug-likeness (QED) is 0.767. The molecular formula is C11H16N2O4S. The minimum absolute atomic E-state index is 0.0791. The molecule has 0 spiro atoms. The van der Waals surface area contributed by atoms with Crippen LogP contribution in [0, 0.1) is 0 Å². The third-order valence-electron chi connectivity index (χ3n) is 2.22. The Morgan fingerprint density at radius 2 is 1.94 bits per heavy atom. The van der Waals surface area contributed by atoms with E-state index in [1.54, 1.807) is 6.92 Å². The summed E-state index contributed by atoms with van der Waals surface area (Å²) in [5.74, 6) is -0.598. The zero-order chi connectivity index (χ0) is 13.8. The molecule has 0 aliphatic carbocycles. The molecule has 0 aliphatic heterocycles. The van der Waals surface area contributed by atoms with Crippen LogP contribution in [0.1, 0.15) is 17.3 Å². The van der Waals surface area contributed by atoms with Crippen molar-refractivity contribution in [1.29, 1.82) is 0 Å². The maximum absolute atomic E-state index is 11.9. The summed E-state index contributed by atoms with van der Waals surface area (Å²) in [6.07, 6.45) is 0. The van der Waals surface area contributed by atoms with Gasteiger partial charge in [-0.1, -0.05) is 0 Å². The van der Waals surface area contributed by atoms with Gasteiger partial charge in [-0.05, 0) is 31.2 Å². The fourth-order valence-electron chi connectivity index (χ4n) is 1.42. The molecule has 0 heterocycles. The van der Waals surface area contributed by atoms with E-state index in [1.807, 2.05) is 0 Å². The predicted molar refractivity (Wildman–Crippen MR) is 66.6 cm³/mol. The number of rotatable bonds is 6. The van der Waals surface area contributed by atoms with E-state index in [0.717, 1.165) is 0 Å². The topological polar surface area (TPSA) is 98.5 Å². The van der Waals surface area contributed by atoms with Gasteiger partial charge >= 0.3 is 0 Å². The fourth-order valence-corrected chi connectivity index (χ4v) is 2.64. The van der Waals surface area contributed by atoms with Crippen LogP contribution in [-0.4, -0.2) is 34.1 Å². The molecule has 1 unspecified atom stereocenters. The zero-order valence-electron chi connectivity index (χ0n) is 10.2. The van der Waals surface area contributed by atoms with E-state index in [4.69, 9.17) is 10.5 Å². The molecule has 100 valence electrons. The standard InChI is InChI=1S/C11H16N2O4S/c1-8(7-17-2)13-18(15,16)10-5-3-9(4-6-10)11(12)14/h3-6,8,13H,7H2,1-2H3,(H2,12,14). The summed E-state index contributed by atoms with van der Waals surface area (Å²) in [5.41, 5.74) is 5.34. The van der Waals surface area contributed by atoms with Gasteiger partial charge < -0.3 is 10.5 Å². The lowest BCUT2D eigenvalue weighted by molar-refractivity contribution is 0.1000. The first kappa shape index (κ1) is 14.6. The van der Waals surface area contributed by atoms with Crippen LogP contribution >= 0.6 is 0 Å². The number of amides is 1. The minimum Gasteiger partial charge on any atom is -0.383 e. The Hall–Kier alpha value is -1.44. The molecule has 1 amide bonds. The van der Waals surface area contributed by atoms with E-state index in [1.165, 1.54) is 31.4 Å². The molecular weight excluding hydrogens is 256 g/mol. The van der Waals surface area contributed by atoms with E-state index in [2.05, 4.69) is 4.72 Å². The third-order valence-corrected chi connectivity index (χ3v) is 3.83. The highest BCUT2D eigenvalue weighted by atomic mass is 32.2. The van der Waals surface area contributed by atoms with Crippen LogP contribution in [0.2, 0.25) is 0 Å². The van der Waals surface area contributed by atoms with Crippen molar-refractivity contribution >= 4 is 15.9 Å². The molecule has 1 atom stereocenters. The average molecular weight is 272 g/mol. The molecule has 0 fully saturated rings. The molecule has 0 saturated heterocycles. The number of hydrogen-bond donors (Lipinski definition) is 2. The van der Waals surface area contributed by atoms with Gasteiger partial charge in [0.2, 0.25) is 15.9 Å². The second-order valence-electron chi connectivity index (χ2n) is 3.87. The molecule has 0 radical (unpaired) electrons. The van der Waals surface area contributed by atoms with Crippen molar-refractivity contribution in [2.24, 2.45) is 5.73 Å². The molecule has 0 aromatic heterocycles. The number of carbonyl (C=O) groups excluding carboxylic acids is 1. The molecule has 1 aromatic rings. The average Bonchev–Trinajstić information content (AvgIpc) is 2.28. The Morgan fingerprint density at radius 3 is 2.39 bits per heavy atom. The number of benzene rings is 1. The maximum Gasteiger partial charge on any atom is 0.248 e. The smallest absolute Gasteiger partial charge is 0.248 e. The van der Waals surface area contributed by atoms with Crippen LogP contribution in [0.15, 0.2) is 29.2 Å².